The molecule has 0 radical (unpaired) electrons. The van der Waals surface area contributed by atoms with Gasteiger partial charge in [-0.25, -0.2) is 4.79 Å². The Kier molecular flexibility index (Phi) is 19.1. The summed E-state index contributed by atoms with van der Waals surface area (Å²) in [6.45, 7) is 22.6. The molecule has 0 aliphatic rings. The van der Waals surface area contributed by atoms with Crippen molar-refractivity contribution >= 4 is 12.2 Å². The number of carbonyl (C=O) groups excluding carboxylic acids is 1. The second-order valence-corrected chi connectivity index (χ2v) is 17.8. The van der Waals surface area contributed by atoms with Crippen molar-refractivity contribution in [3.05, 3.63) is 88.0 Å². The van der Waals surface area contributed by atoms with Crippen LogP contribution in [0, 0.1) is 0 Å². The second kappa shape index (κ2) is 22.9. The van der Waals surface area contributed by atoms with Crippen molar-refractivity contribution < 1.29 is 29.2 Å². The van der Waals surface area contributed by atoms with Crippen molar-refractivity contribution in [2.45, 2.75) is 175 Å². The third-order valence-electron chi connectivity index (χ3n) is 10.8. The van der Waals surface area contributed by atoms with Gasteiger partial charge in [0.1, 0.15) is 22.8 Å². The van der Waals surface area contributed by atoms with E-state index in [4.69, 9.17) is 19.2 Å². The van der Waals surface area contributed by atoms with E-state index in [1.54, 1.807) is 12.1 Å². The molecule has 3 aromatic rings. The maximum atomic E-state index is 13.7. The van der Waals surface area contributed by atoms with Crippen molar-refractivity contribution in [2.24, 2.45) is 4.99 Å². The van der Waals surface area contributed by atoms with Gasteiger partial charge in [0, 0.05) is 22.9 Å². The SMILES string of the molecule is CCCCCCCCOc1ccc(C(C)(C)C)cc1C(O)(c1cc(C(C)(C)C)ccc1OCCCCCCCC)C(C)N=Cc1cc(C(=O)OCCC)ccc1O. The normalized spacial score (nSPS) is 12.9. The van der Waals surface area contributed by atoms with Crippen LogP contribution in [0.4, 0.5) is 0 Å². The van der Waals surface area contributed by atoms with E-state index in [0.717, 1.165) is 36.8 Å². The van der Waals surface area contributed by atoms with Crippen LogP contribution in [0.1, 0.15) is 191 Å². The van der Waals surface area contributed by atoms with Gasteiger partial charge < -0.3 is 24.4 Å². The van der Waals surface area contributed by atoms with Crippen LogP contribution in [0.2, 0.25) is 0 Å². The standard InChI is InChI=1S/C50H75NO6/c1-11-14-16-18-20-22-31-55-45-28-25-40(48(5,6)7)34-42(45)50(54,37(4)51-36-39-33-38(24-27-44(39)52)47(53)57-30-13-3)43-35-41(49(8,9)10)26-29-46(43)56-32-23-21-19-17-15-12-2/h24-29,33-37,52,54H,11-23,30-32H2,1-10H3. The highest BCUT2D eigenvalue weighted by atomic mass is 16.5. The highest BCUT2D eigenvalue weighted by Crippen LogP contribution is 2.46. The number of hydrogen-bond donors (Lipinski definition) is 2. The lowest BCUT2D eigenvalue weighted by Gasteiger charge is -2.37. The first-order chi connectivity index (χ1) is 27.1. The molecule has 316 valence electrons. The zero-order valence-electron chi connectivity index (χ0n) is 37.1. The molecule has 57 heavy (non-hydrogen) atoms. The number of phenols is 1. The summed E-state index contributed by atoms with van der Waals surface area (Å²) in [5.41, 5.74) is 1.82. The van der Waals surface area contributed by atoms with Gasteiger partial charge >= 0.3 is 5.97 Å². The van der Waals surface area contributed by atoms with Crippen LogP contribution < -0.4 is 9.47 Å². The minimum absolute atomic E-state index is 0.0306. The molecule has 7 nitrogen and oxygen atoms in total. The summed E-state index contributed by atoms with van der Waals surface area (Å²) < 4.78 is 18.6. The van der Waals surface area contributed by atoms with E-state index in [2.05, 4.69) is 79.7 Å². The molecule has 0 aromatic heterocycles. The Morgan fingerprint density at radius 2 is 1.12 bits per heavy atom. The Bertz CT molecular complexity index is 1620. The maximum Gasteiger partial charge on any atom is 0.338 e. The van der Waals surface area contributed by atoms with Crippen molar-refractivity contribution in [1.82, 2.24) is 0 Å². The molecule has 3 aromatic carbocycles. The van der Waals surface area contributed by atoms with Crippen LogP contribution in [-0.4, -0.2) is 48.3 Å². The number of rotatable bonds is 24. The predicted molar refractivity (Wildman–Crippen MR) is 237 cm³/mol. The molecule has 0 amide bonds. The van der Waals surface area contributed by atoms with Gasteiger partial charge in [0.05, 0.1) is 31.4 Å². The fourth-order valence-corrected chi connectivity index (χ4v) is 6.93. The number of ether oxygens (including phenoxy) is 3. The molecule has 0 aliphatic heterocycles. The number of aliphatic imine (C=N–C) groups is 1. The predicted octanol–water partition coefficient (Wildman–Crippen LogP) is 12.8. The molecule has 0 saturated carbocycles. The second-order valence-electron chi connectivity index (χ2n) is 17.8. The van der Waals surface area contributed by atoms with Gasteiger partial charge in [-0.2, -0.15) is 0 Å². The van der Waals surface area contributed by atoms with E-state index < -0.39 is 17.6 Å². The third-order valence-corrected chi connectivity index (χ3v) is 10.8. The summed E-state index contributed by atoms with van der Waals surface area (Å²) in [5, 5.41) is 24.7. The summed E-state index contributed by atoms with van der Waals surface area (Å²) in [6.07, 6.45) is 15.9. The van der Waals surface area contributed by atoms with Crippen LogP contribution in [0.25, 0.3) is 0 Å². The van der Waals surface area contributed by atoms with Gasteiger partial charge in [0.25, 0.3) is 0 Å². The van der Waals surface area contributed by atoms with Gasteiger partial charge in [0.2, 0.25) is 0 Å². The Labute approximate surface area is 345 Å². The lowest BCUT2D eigenvalue weighted by atomic mass is 9.75. The van der Waals surface area contributed by atoms with Crippen molar-refractivity contribution in [3.63, 3.8) is 0 Å². The third kappa shape index (κ3) is 14.2. The average Bonchev–Trinajstić information content (AvgIpc) is 3.17. The Hall–Kier alpha value is -3.84. The first kappa shape index (κ1) is 47.5. The molecular weight excluding hydrogens is 711 g/mol. The van der Waals surface area contributed by atoms with Gasteiger partial charge in [-0.1, -0.05) is 139 Å². The fraction of sp³-hybridized carbons (Fsp3) is 0.600. The van der Waals surface area contributed by atoms with Gasteiger partial charge in [0.15, 0.2) is 0 Å². The first-order valence-corrected chi connectivity index (χ1v) is 21.9. The minimum atomic E-state index is -1.74. The zero-order chi connectivity index (χ0) is 42.1. The van der Waals surface area contributed by atoms with Gasteiger partial charge in [-0.15, -0.1) is 0 Å². The monoisotopic (exact) mass is 786 g/mol. The lowest BCUT2D eigenvalue weighted by Crippen LogP contribution is -2.39. The molecule has 7 heteroatoms. The van der Waals surface area contributed by atoms with Crippen LogP contribution in [0.3, 0.4) is 0 Å². The maximum absolute atomic E-state index is 13.7. The Balaban J connectivity index is 2.24. The number of esters is 1. The zero-order valence-corrected chi connectivity index (χ0v) is 37.1. The smallest absolute Gasteiger partial charge is 0.338 e. The van der Waals surface area contributed by atoms with E-state index in [9.17, 15) is 15.0 Å². The highest BCUT2D eigenvalue weighted by Gasteiger charge is 2.43. The average molecular weight is 786 g/mol. The Morgan fingerprint density at radius 1 is 0.649 bits per heavy atom. The quantitative estimate of drug-likeness (QED) is 0.0533. The highest BCUT2D eigenvalue weighted by molar-refractivity contribution is 5.93. The fourth-order valence-electron chi connectivity index (χ4n) is 6.93. The van der Waals surface area contributed by atoms with E-state index in [0.29, 0.717) is 60.0 Å². The van der Waals surface area contributed by atoms with Crippen LogP contribution >= 0.6 is 0 Å². The van der Waals surface area contributed by atoms with Crippen molar-refractivity contribution in [3.8, 4) is 17.2 Å². The molecule has 3 rings (SSSR count). The number of hydrogen-bond acceptors (Lipinski definition) is 7. The molecular formula is C50H75NO6. The van der Waals surface area contributed by atoms with E-state index >= 15 is 0 Å². The number of phenolic OH excluding ortho intramolecular Hbond substituents is 1. The molecule has 0 spiro atoms. The molecule has 0 bridgehead atoms. The summed E-state index contributed by atoms with van der Waals surface area (Å²) in [6, 6.07) is 16.1. The summed E-state index contributed by atoms with van der Waals surface area (Å²) in [4.78, 5) is 17.8. The van der Waals surface area contributed by atoms with E-state index in [1.165, 1.54) is 63.6 Å². The molecule has 0 heterocycles. The summed E-state index contributed by atoms with van der Waals surface area (Å²) in [7, 11) is 0. The molecule has 0 aliphatic carbocycles. The number of benzene rings is 3. The van der Waals surface area contributed by atoms with E-state index in [-0.39, 0.29) is 16.6 Å². The van der Waals surface area contributed by atoms with Crippen LogP contribution in [0.15, 0.2) is 59.6 Å². The number of aliphatic hydroxyl groups is 1. The topological polar surface area (TPSA) is 97.6 Å². The number of unbranched alkanes of at least 4 members (excludes halogenated alkanes) is 10. The summed E-state index contributed by atoms with van der Waals surface area (Å²) in [5.74, 6) is 0.713. The molecule has 1 atom stereocenters. The van der Waals surface area contributed by atoms with Gasteiger partial charge in [-0.3, -0.25) is 4.99 Å². The Morgan fingerprint density at radius 3 is 1.58 bits per heavy atom. The van der Waals surface area contributed by atoms with Crippen molar-refractivity contribution in [1.29, 1.82) is 0 Å². The van der Waals surface area contributed by atoms with E-state index in [1.807, 2.05) is 26.0 Å². The molecule has 1 unspecified atom stereocenters. The first-order valence-electron chi connectivity index (χ1n) is 21.9. The lowest BCUT2D eigenvalue weighted by molar-refractivity contribution is 0.0502. The van der Waals surface area contributed by atoms with Gasteiger partial charge in [-0.05, 0) is 90.6 Å². The number of carbonyl (C=O) groups is 1. The number of nitrogens with zero attached hydrogens (tertiary/aromatic N) is 1. The van der Waals surface area contributed by atoms with Crippen LogP contribution in [0.5, 0.6) is 17.2 Å². The molecule has 2 N–H and O–H groups in total. The molecule has 0 saturated heterocycles. The summed E-state index contributed by atoms with van der Waals surface area (Å²) >= 11 is 0. The van der Waals surface area contributed by atoms with Crippen molar-refractivity contribution in [2.75, 3.05) is 19.8 Å². The van der Waals surface area contributed by atoms with Crippen LogP contribution in [-0.2, 0) is 21.2 Å². The minimum Gasteiger partial charge on any atom is -0.507 e. The molecule has 0 fully saturated rings. The largest absolute Gasteiger partial charge is 0.507 e. The number of aromatic hydroxyl groups is 1.